The second-order valence-electron chi connectivity index (χ2n) is 11.2. The van der Waals surface area contributed by atoms with Gasteiger partial charge in [-0.25, -0.2) is 0 Å². The minimum absolute atomic E-state index is 0.102. The molecule has 1 aromatic heterocycles. The summed E-state index contributed by atoms with van der Waals surface area (Å²) in [6, 6.07) is 11.0. The van der Waals surface area contributed by atoms with E-state index >= 15 is 0 Å². The van der Waals surface area contributed by atoms with Crippen LogP contribution >= 0.6 is 11.8 Å². The summed E-state index contributed by atoms with van der Waals surface area (Å²) in [5.41, 5.74) is 1.20. The van der Waals surface area contributed by atoms with Gasteiger partial charge in [-0.3, -0.25) is 4.79 Å². The number of rotatable bonds is 7. The quantitative estimate of drug-likeness (QED) is 0.518. The summed E-state index contributed by atoms with van der Waals surface area (Å²) in [5.74, 6) is 4.48. The standard InChI is InChI=1S/C27H36N4OS/c32-25(27-14-20-11-21(15-27)13-22(12-20)16-27)28-17-24-29-30-26(31(24)23-9-5-2-6-10-23)33-18-19-7-3-1-4-8-19/h1,3-4,7-8,20-23H,2,5-6,9-18H2,(H,28,32). The first kappa shape index (κ1) is 21.7. The van der Waals surface area contributed by atoms with Crippen molar-refractivity contribution in [2.75, 3.05) is 0 Å². The largest absolute Gasteiger partial charge is 0.348 e. The topological polar surface area (TPSA) is 59.8 Å². The van der Waals surface area contributed by atoms with Gasteiger partial charge in [0, 0.05) is 17.2 Å². The summed E-state index contributed by atoms with van der Waals surface area (Å²) in [6.07, 6.45) is 13.7. The van der Waals surface area contributed by atoms with Crippen molar-refractivity contribution in [1.29, 1.82) is 0 Å². The van der Waals surface area contributed by atoms with Crippen LogP contribution in [-0.2, 0) is 17.1 Å². The molecule has 6 heteroatoms. The Bertz CT molecular complexity index is 946. The summed E-state index contributed by atoms with van der Waals surface area (Å²) in [7, 11) is 0. The molecule has 5 nitrogen and oxygen atoms in total. The molecule has 0 spiro atoms. The number of carbonyl (C=O) groups excluding carboxylic acids is 1. The molecule has 1 amide bonds. The average molecular weight is 465 g/mol. The van der Waals surface area contributed by atoms with Gasteiger partial charge in [0.25, 0.3) is 0 Å². The van der Waals surface area contributed by atoms with Crippen LogP contribution in [0.2, 0.25) is 0 Å². The fourth-order valence-corrected chi connectivity index (χ4v) is 8.67. The normalized spacial score (nSPS) is 31.1. The molecule has 0 radical (unpaired) electrons. The average Bonchev–Trinajstić information content (AvgIpc) is 3.24. The van der Waals surface area contributed by atoms with Crippen LogP contribution in [0.5, 0.6) is 0 Å². The van der Waals surface area contributed by atoms with Crippen LogP contribution in [0.25, 0.3) is 0 Å². The molecule has 176 valence electrons. The van der Waals surface area contributed by atoms with Gasteiger partial charge in [-0.1, -0.05) is 61.4 Å². The Morgan fingerprint density at radius 3 is 2.30 bits per heavy atom. The number of benzene rings is 1. The zero-order chi connectivity index (χ0) is 22.3. The highest BCUT2D eigenvalue weighted by Gasteiger charge is 2.54. The molecule has 2 aromatic rings. The molecule has 33 heavy (non-hydrogen) atoms. The molecule has 1 heterocycles. The summed E-state index contributed by atoms with van der Waals surface area (Å²) in [4.78, 5) is 13.5. The van der Waals surface area contributed by atoms with Crippen LogP contribution in [0.4, 0.5) is 0 Å². The van der Waals surface area contributed by atoms with Gasteiger partial charge in [0.2, 0.25) is 5.91 Å². The fraction of sp³-hybridized carbons (Fsp3) is 0.667. The molecule has 0 aliphatic heterocycles. The number of thioether (sulfide) groups is 1. The Labute approximate surface area is 201 Å². The van der Waals surface area contributed by atoms with E-state index in [2.05, 4.69) is 50.4 Å². The van der Waals surface area contributed by atoms with Gasteiger partial charge in [-0.05, 0) is 74.7 Å². The van der Waals surface area contributed by atoms with E-state index in [0.717, 1.165) is 53.7 Å². The van der Waals surface area contributed by atoms with Crippen molar-refractivity contribution in [2.24, 2.45) is 23.2 Å². The van der Waals surface area contributed by atoms with Crippen LogP contribution in [-0.4, -0.2) is 20.7 Å². The third-order valence-electron chi connectivity index (χ3n) is 8.81. The molecule has 4 bridgehead atoms. The zero-order valence-corrected chi connectivity index (χ0v) is 20.4. The van der Waals surface area contributed by atoms with E-state index in [1.54, 1.807) is 11.8 Å². The SMILES string of the molecule is O=C(NCc1nnc(SCc2ccccc2)n1C1CCCCC1)C12CC3CC(CC(C3)C1)C2. The Morgan fingerprint density at radius 2 is 1.64 bits per heavy atom. The summed E-state index contributed by atoms with van der Waals surface area (Å²) < 4.78 is 2.37. The van der Waals surface area contributed by atoms with E-state index in [4.69, 9.17) is 0 Å². The number of carbonyl (C=O) groups is 1. The first-order chi connectivity index (χ1) is 16.2. The van der Waals surface area contributed by atoms with E-state index in [0.29, 0.717) is 18.5 Å². The molecular weight excluding hydrogens is 428 g/mol. The van der Waals surface area contributed by atoms with E-state index in [9.17, 15) is 4.79 Å². The second-order valence-corrected chi connectivity index (χ2v) is 12.2. The van der Waals surface area contributed by atoms with Gasteiger partial charge in [-0.15, -0.1) is 10.2 Å². The van der Waals surface area contributed by atoms with Crippen molar-refractivity contribution in [1.82, 2.24) is 20.1 Å². The highest BCUT2D eigenvalue weighted by molar-refractivity contribution is 7.98. The van der Waals surface area contributed by atoms with Crippen molar-refractivity contribution < 1.29 is 4.79 Å². The Morgan fingerprint density at radius 1 is 0.970 bits per heavy atom. The lowest BCUT2D eigenvalue weighted by Gasteiger charge is -2.55. The molecule has 5 aliphatic carbocycles. The minimum Gasteiger partial charge on any atom is -0.348 e. The molecule has 7 rings (SSSR count). The van der Waals surface area contributed by atoms with Crippen LogP contribution < -0.4 is 5.32 Å². The monoisotopic (exact) mass is 464 g/mol. The third kappa shape index (κ3) is 4.36. The molecule has 1 aromatic carbocycles. The third-order valence-corrected chi connectivity index (χ3v) is 9.83. The Balaban J connectivity index is 1.18. The van der Waals surface area contributed by atoms with Crippen molar-refractivity contribution in [2.45, 2.75) is 94.1 Å². The Hall–Kier alpha value is -1.82. The van der Waals surface area contributed by atoms with Crippen molar-refractivity contribution in [3.05, 3.63) is 41.7 Å². The van der Waals surface area contributed by atoms with E-state index in [1.165, 1.54) is 56.9 Å². The molecule has 0 atom stereocenters. The predicted molar refractivity (Wildman–Crippen MR) is 131 cm³/mol. The number of nitrogens with zero attached hydrogens (tertiary/aromatic N) is 3. The zero-order valence-electron chi connectivity index (χ0n) is 19.5. The molecule has 5 aliphatic rings. The lowest BCUT2D eigenvalue weighted by atomic mass is 9.49. The maximum atomic E-state index is 13.5. The fourth-order valence-electron chi connectivity index (χ4n) is 7.69. The van der Waals surface area contributed by atoms with Gasteiger partial charge >= 0.3 is 0 Å². The lowest BCUT2D eigenvalue weighted by Crippen LogP contribution is -2.53. The van der Waals surface area contributed by atoms with Gasteiger partial charge in [0.1, 0.15) is 0 Å². The van der Waals surface area contributed by atoms with Crippen molar-refractivity contribution in [3.63, 3.8) is 0 Å². The first-order valence-corrected chi connectivity index (χ1v) is 14.1. The van der Waals surface area contributed by atoms with Gasteiger partial charge in [0.05, 0.1) is 6.54 Å². The molecule has 1 N–H and O–H groups in total. The van der Waals surface area contributed by atoms with Gasteiger partial charge in [-0.2, -0.15) is 0 Å². The Kier molecular flexibility index (Phi) is 5.97. The highest BCUT2D eigenvalue weighted by atomic mass is 32.2. The van der Waals surface area contributed by atoms with Crippen LogP contribution in [0.1, 0.15) is 88.1 Å². The van der Waals surface area contributed by atoms with Crippen molar-refractivity contribution in [3.8, 4) is 0 Å². The maximum absolute atomic E-state index is 13.5. The summed E-state index contributed by atoms with van der Waals surface area (Å²) in [5, 5.41) is 13.6. The molecule has 5 saturated carbocycles. The van der Waals surface area contributed by atoms with Gasteiger partial charge in [0.15, 0.2) is 11.0 Å². The number of nitrogens with one attached hydrogen (secondary N) is 1. The van der Waals surface area contributed by atoms with E-state index in [-0.39, 0.29) is 5.41 Å². The number of hydrogen-bond donors (Lipinski definition) is 1. The number of hydrogen-bond acceptors (Lipinski definition) is 4. The van der Waals surface area contributed by atoms with Crippen LogP contribution in [0.15, 0.2) is 35.5 Å². The van der Waals surface area contributed by atoms with E-state index in [1.807, 2.05) is 0 Å². The van der Waals surface area contributed by atoms with Crippen LogP contribution in [0.3, 0.4) is 0 Å². The predicted octanol–water partition coefficient (Wildman–Crippen LogP) is 5.91. The maximum Gasteiger partial charge on any atom is 0.226 e. The second kappa shape index (κ2) is 9.09. The smallest absolute Gasteiger partial charge is 0.226 e. The van der Waals surface area contributed by atoms with Crippen molar-refractivity contribution >= 4 is 17.7 Å². The van der Waals surface area contributed by atoms with Crippen LogP contribution in [0, 0.1) is 23.2 Å². The lowest BCUT2D eigenvalue weighted by molar-refractivity contribution is -0.146. The molecule has 0 saturated heterocycles. The summed E-state index contributed by atoms with van der Waals surface area (Å²) in [6.45, 7) is 0.510. The number of aromatic nitrogens is 3. The minimum atomic E-state index is -0.102. The first-order valence-electron chi connectivity index (χ1n) is 13.1. The molecule has 0 unspecified atom stereocenters. The highest BCUT2D eigenvalue weighted by Crippen LogP contribution is 2.60. The van der Waals surface area contributed by atoms with Gasteiger partial charge < -0.3 is 9.88 Å². The summed E-state index contributed by atoms with van der Waals surface area (Å²) >= 11 is 1.77. The number of amides is 1. The molecule has 5 fully saturated rings. The van der Waals surface area contributed by atoms with E-state index < -0.39 is 0 Å². The molecular formula is C27H36N4OS.